The third kappa shape index (κ3) is 3.05. The number of carbonyl (C=O) groups is 1. The van der Waals surface area contributed by atoms with Gasteiger partial charge < -0.3 is 9.32 Å². The molecule has 0 fully saturated rings. The minimum absolute atomic E-state index is 0.00823. The number of benzene rings is 1. The fourth-order valence-corrected chi connectivity index (χ4v) is 4.07. The summed E-state index contributed by atoms with van der Waals surface area (Å²) in [6.45, 7) is 1.16. The molecule has 0 radical (unpaired) electrons. The first-order valence-electron chi connectivity index (χ1n) is 9.64. The van der Waals surface area contributed by atoms with Gasteiger partial charge in [-0.05, 0) is 31.2 Å². The Bertz CT molecular complexity index is 973. The van der Waals surface area contributed by atoms with Crippen LogP contribution in [0.3, 0.4) is 0 Å². The lowest BCUT2D eigenvalue weighted by molar-refractivity contribution is 0.0720. The van der Waals surface area contributed by atoms with Gasteiger partial charge in [-0.2, -0.15) is 5.10 Å². The Balaban J connectivity index is 1.28. The number of H-pyrrole nitrogens is 1. The standard InChI is InChI=1S/C21H22N4O2/c26-21(20-15-7-4-8-16(15)23-24-20)25-12-11-18-17(13-25)22-19(27-18)10-9-14-5-2-1-3-6-14/h1-3,5-6H,4,7-13H2,(H,23,24). The molecule has 3 heterocycles. The molecule has 1 aromatic carbocycles. The molecule has 0 saturated heterocycles. The van der Waals surface area contributed by atoms with Gasteiger partial charge in [-0.1, -0.05) is 30.3 Å². The molecule has 0 bridgehead atoms. The van der Waals surface area contributed by atoms with E-state index in [0.717, 1.165) is 60.7 Å². The maximum Gasteiger partial charge on any atom is 0.275 e. The smallest absolute Gasteiger partial charge is 0.275 e. The van der Waals surface area contributed by atoms with Crippen LogP contribution in [0.15, 0.2) is 34.7 Å². The van der Waals surface area contributed by atoms with Crippen LogP contribution in [0.1, 0.15) is 51.1 Å². The average molecular weight is 362 g/mol. The van der Waals surface area contributed by atoms with E-state index in [-0.39, 0.29) is 5.91 Å². The van der Waals surface area contributed by atoms with Crippen molar-refractivity contribution in [1.29, 1.82) is 0 Å². The molecule has 3 aromatic rings. The van der Waals surface area contributed by atoms with Crippen LogP contribution in [0.4, 0.5) is 0 Å². The molecule has 1 aliphatic heterocycles. The Morgan fingerprint density at radius 1 is 1.15 bits per heavy atom. The summed E-state index contributed by atoms with van der Waals surface area (Å²) in [5, 5.41) is 7.31. The highest BCUT2D eigenvalue weighted by Crippen LogP contribution is 2.26. The highest BCUT2D eigenvalue weighted by molar-refractivity contribution is 5.94. The van der Waals surface area contributed by atoms with Gasteiger partial charge in [-0.3, -0.25) is 9.89 Å². The third-order valence-corrected chi connectivity index (χ3v) is 5.54. The Hall–Kier alpha value is -2.89. The predicted molar refractivity (Wildman–Crippen MR) is 99.4 cm³/mol. The van der Waals surface area contributed by atoms with Gasteiger partial charge in [0.2, 0.25) is 0 Å². The number of nitrogens with zero attached hydrogens (tertiary/aromatic N) is 3. The Kier molecular flexibility index (Phi) is 4.03. The van der Waals surface area contributed by atoms with Gasteiger partial charge in [0.15, 0.2) is 11.6 Å². The third-order valence-electron chi connectivity index (χ3n) is 5.54. The summed E-state index contributed by atoms with van der Waals surface area (Å²) in [4.78, 5) is 19.4. The van der Waals surface area contributed by atoms with Crippen molar-refractivity contribution in [2.24, 2.45) is 0 Å². The van der Waals surface area contributed by atoms with Crippen LogP contribution < -0.4 is 0 Å². The summed E-state index contributed by atoms with van der Waals surface area (Å²) in [6, 6.07) is 10.3. The maximum absolute atomic E-state index is 12.9. The first-order chi connectivity index (χ1) is 13.3. The topological polar surface area (TPSA) is 75.0 Å². The number of fused-ring (bicyclic) bond motifs is 2. The highest BCUT2D eigenvalue weighted by atomic mass is 16.4. The minimum Gasteiger partial charge on any atom is -0.445 e. The lowest BCUT2D eigenvalue weighted by Crippen LogP contribution is -2.36. The Labute approximate surface area is 157 Å². The first-order valence-corrected chi connectivity index (χ1v) is 9.64. The van der Waals surface area contributed by atoms with Crippen LogP contribution in [-0.2, 0) is 38.6 Å². The van der Waals surface area contributed by atoms with E-state index in [1.165, 1.54) is 5.56 Å². The first kappa shape index (κ1) is 16.3. The zero-order valence-electron chi connectivity index (χ0n) is 15.2. The molecule has 6 nitrogen and oxygen atoms in total. The van der Waals surface area contributed by atoms with Crippen molar-refractivity contribution in [1.82, 2.24) is 20.1 Å². The van der Waals surface area contributed by atoms with Crippen LogP contribution in [0, 0.1) is 0 Å². The van der Waals surface area contributed by atoms with E-state index in [2.05, 4.69) is 27.3 Å². The molecule has 1 N–H and O–H groups in total. The number of nitrogens with one attached hydrogen (secondary N) is 1. The van der Waals surface area contributed by atoms with E-state index >= 15 is 0 Å². The van der Waals surface area contributed by atoms with Crippen LogP contribution in [-0.4, -0.2) is 32.5 Å². The van der Waals surface area contributed by atoms with Gasteiger partial charge in [-0.25, -0.2) is 4.98 Å². The number of aromatic nitrogens is 3. The van der Waals surface area contributed by atoms with E-state index in [0.29, 0.717) is 25.2 Å². The predicted octanol–water partition coefficient (Wildman–Crippen LogP) is 2.87. The largest absolute Gasteiger partial charge is 0.445 e. The normalized spacial score (nSPS) is 15.6. The van der Waals surface area contributed by atoms with E-state index in [1.54, 1.807) is 0 Å². The lowest BCUT2D eigenvalue weighted by Gasteiger charge is -2.24. The monoisotopic (exact) mass is 362 g/mol. The molecule has 27 heavy (non-hydrogen) atoms. The van der Waals surface area contributed by atoms with Gasteiger partial charge in [0.1, 0.15) is 11.5 Å². The molecule has 1 amide bonds. The van der Waals surface area contributed by atoms with Crippen LogP contribution in [0.5, 0.6) is 0 Å². The van der Waals surface area contributed by atoms with Gasteiger partial charge in [-0.15, -0.1) is 0 Å². The molecular formula is C21H22N4O2. The second-order valence-corrected chi connectivity index (χ2v) is 7.32. The number of rotatable bonds is 4. The molecule has 1 aliphatic carbocycles. The molecule has 138 valence electrons. The minimum atomic E-state index is 0.00823. The van der Waals surface area contributed by atoms with Gasteiger partial charge in [0.25, 0.3) is 5.91 Å². The SMILES string of the molecule is O=C(c1n[nH]c2c1CCC2)N1CCc2oc(CCc3ccccc3)nc2C1. The van der Waals surface area contributed by atoms with Crippen molar-refractivity contribution in [2.75, 3.05) is 6.54 Å². The molecular weight excluding hydrogens is 340 g/mol. The molecule has 0 unspecified atom stereocenters. The molecule has 2 aliphatic rings. The van der Waals surface area contributed by atoms with E-state index < -0.39 is 0 Å². The van der Waals surface area contributed by atoms with Crippen molar-refractivity contribution in [3.05, 3.63) is 70.2 Å². The fraction of sp³-hybridized carbons (Fsp3) is 0.381. The van der Waals surface area contributed by atoms with Crippen LogP contribution in [0.2, 0.25) is 0 Å². The van der Waals surface area contributed by atoms with Crippen LogP contribution >= 0.6 is 0 Å². The summed E-state index contributed by atoms with van der Waals surface area (Å²) in [6.07, 6.45) is 5.43. The number of carbonyl (C=O) groups excluding carboxylic acids is 1. The number of amides is 1. The molecule has 6 heteroatoms. The van der Waals surface area contributed by atoms with Crippen molar-refractivity contribution >= 4 is 5.91 Å². The van der Waals surface area contributed by atoms with Gasteiger partial charge >= 0.3 is 0 Å². The van der Waals surface area contributed by atoms with E-state index in [1.807, 2.05) is 23.1 Å². The number of hydrogen-bond donors (Lipinski definition) is 1. The lowest BCUT2D eigenvalue weighted by atomic mass is 10.1. The second-order valence-electron chi connectivity index (χ2n) is 7.32. The van der Waals surface area contributed by atoms with E-state index in [9.17, 15) is 4.79 Å². The highest BCUT2D eigenvalue weighted by Gasteiger charge is 2.30. The summed E-state index contributed by atoms with van der Waals surface area (Å²) >= 11 is 0. The van der Waals surface area contributed by atoms with Gasteiger partial charge in [0, 0.05) is 30.6 Å². The van der Waals surface area contributed by atoms with Crippen LogP contribution in [0.25, 0.3) is 0 Å². The number of aromatic amines is 1. The van der Waals surface area contributed by atoms with E-state index in [4.69, 9.17) is 4.42 Å². The number of aryl methyl sites for hydroxylation is 3. The second kappa shape index (κ2) is 6.68. The Morgan fingerprint density at radius 3 is 2.93 bits per heavy atom. The van der Waals surface area contributed by atoms with Gasteiger partial charge in [0.05, 0.1) is 6.54 Å². The molecule has 5 rings (SSSR count). The summed E-state index contributed by atoms with van der Waals surface area (Å²) in [7, 11) is 0. The molecule has 0 atom stereocenters. The molecule has 2 aromatic heterocycles. The Morgan fingerprint density at radius 2 is 2.04 bits per heavy atom. The van der Waals surface area contributed by atoms with Crippen molar-refractivity contribution in [3.8, 4) is 0 Å². The van der Waals surface area contributed by atoms with Crippen molar-refractivity contribution < 1.29 is 9.21 Å². The molecule has 0 spiro atoms. The average Bonchev–Trinajstić information content (AvgIpc) is 3.41. The summed E-state index contributed by atoms with van der Waals surface area (Å²) in [5.74, 6) is 1.70. The molecule has 0 saturated carbocycles. The van der Waals surface area contributed by atoms with Crippen molar-refractivity contribution in [3.63, 3.8) is 0 Å². The zero-order valence-corrected chi connectivity index (χ0v) is 15.2. The number of oxazole rings is 1. The quantitative estimate of drug-likeness (QED) is 0.774. The zero-order chi connectivity index (χ0) is 18.2. The fourth-order valence-electron chi connectivity index (χ4n) is 4.07. The number of hydrogen-bond acceptors (Lipinski definition) is 4. The maximum atomic E-state index is 12.9. The summed E-state index contributed by atoms with van der Waals surface area (Å²) in [5.41, 5.74) is 5.00. The van der Waals surface area contributed by atoms with Crippen molar-refractivity contribution in [2.45, 2.75) is 45.1 Å². The summed E-state index contributed by atoms with van der Waals surface area (Å²) < 4.78 is 5.95.